The number of hydrogen-bond acceptors (Lipinski definition) is 4. The van der Waals surface area contributed by atoms with Gasteiger partial charge in [-0.2, -0.15) is 13.2 Å². The van der Waals surface area contributed by atoms with E-state index < -0.39 is 23.9 Å². The lowest BCUT2D eigenvalue weighted by atomic mass is 10.2. The molecule has 1 aromatic heterocycles. The summed E-state index contributed by atoms with van der Waals surface area (Å²) in [6.45, 7) is 3.33. The van der Waals surface area contributed by atoms with Crippen molar-refractivity contribution in [2.45, 2.75) is 26.3 Å². The van der Waals surface area contributed by atoms with Crippen molar-refractivity contribution >= 4 is 11.7 Å². The van der Waals surface area contributed by atoms with Gasteiger partial charge in [-0.3, -0.25) is 9.69 Å². The van der Waals surface area contributed by atoms with E-state index in [2.05, 4.69) is 4.98 Å². The Hall–Kier alpha value is -2.09. The molecule has 1 aromatic rings. The number of aromatic nitrogens is 1. The van der Waals surface area contributed by atoms with Crippen LogP contribution in [-0.2, 0) is 15.7 Å². The fourth-order valence-corrected chi connectivity index (χ4v) is 1.98. The van der Waals surface area contributed by atoms with Gasteiger partial charge in [0.05, 0.1) is 12.2 Å². The number of halogens is 3. The van der Waals surface area contributed by atoms with Crippen molar-refractivity contribution in [2.75, 3.05) is 11.5 Å². The van der Waals surface area contributed by atoms with E-state index in [4.69, 9.17) is 4.74 Å². The molecule has 114 valence electrons. The minimum absolute atomic E-state index is 0.0655. The van der Waals surface area contributed by atoms with Crippen molar-refractivity contribution in [1.29, 1.82) is 0 Å². The average molecular weight is 302 g/mol. The lowest BCUT2D eigenvalue weighted by Crippen LogP contribution is -2.36. The summed E-state index contributed by atoms with van der Waals surface area (Å²) >= 11 is 0. The zero-order chi connectivity index (χ0) is 15.8. The van der Waals surface area contributed by atoms with Crippen molar-refractivity contribution in [3.05, 3.63) is 35.2 Å². The molecule has 2 heterocycles. The van der Waals surface area contributed by atoms with Gasteiger partial charge in [-0.05, 0) is 26.0 Å². The van der Waals surface area contributed by atoms with Crippen molar-refractivity contribution < 1.29 is 27.8 Å². The van der Waals surface area contributed by atoms with Crippen LogP contribution in [0.4, 0.5) is 19.0 Å². The number of amides is 1. The smallest absolute Gasteiger partial charge is 0.416 e. The maximum absolute atomic E-state index is 12.7. The summed E-state index contributed by atoms with van der Waals surface area (Å²) in [6, 6.07) is 1.50. The molecule has 0 fully saturated rings. The third-order valence-electron chi connectivity index (χ3n) is 3.01. The van der Waals surface area contributed by atoms with E-state index in [0.29, 0.717) is 6.07 Å². The molecule has 2 rings (SSSR count). The highest BCUT2D eigenvalue weighted by Crippen LogP contribution is 2.34. The Balaban J connectivity index is 2.39. The largest absolute Gasteiger partial charge is 0.488 e. The fraction of sp³-hybridized carbons (Fsp3) is 0.385. The van der Waals surface area contributed by atoms with E-state index in [1.165, 1.54) is 6.92 Å². The summed E-state index contributed by atoms with van der Waals surface area (Å²) in [5.41, 5.74) is -0.712. The zero-order valence-corrected chi connectivity index (χ0v) is 11.3. The molecule has 0 saturated carbocycles. The second kappa shape index (κ2) is 5.36. The van der Waals surface area contributed by atoms with E-state index in [9.17, 15) is 23.1 Å². The average Bonchev–Trinajstić information content (AvgIpc) is 2.62. The highest BCUT2D eigenvalue weighted by Gasteiger charge is 2.40. The lowest BCUT2D eigenvalue weighted by Gasteiger charge is -2.21. The number of rotatable bonds is 3. The minimum Gasteiger partial charge on any atom is -0.488 e. The van der Waals surface area contributed by atoms with Gasteiger partial charge in [-0.15, -0.1) is 0 Å². The van der Waals surface area contributed by atoms with E-state index in [0.717, 1.165) is 17.2 Å². The highest BCUT2D eigenvalue weighted by molar-refractivity contribution is 6.07. The number of nitrogens with zero attached hydrogens (tertiary/aromatic N) is 2. The molecule has 1 atom stereocenters. The Bertz CT molecular complexity index is 599. The first kappa shape index (κ1) is 15.3. The summed E-state index contributed by atoms with van der Waals surface area (Å²) in [7, 11) is 0. The van der Waals surface area contributed by atoms with Crippen LogP contribution in [0.3, 0.4) is 0 Å². The molecule has 1 aliphatic heterocycles. The van der Waals surface area contributed by atoms with Crippen molar-refractivity contribution in [2.24, 2.45) is 0 Å². The molecule has 21 heavy (non-hydrogen) atoms. The predicted octanol–water partition coefficient (Wildman–Crippen LogP) is 2.08. The molecular formula is C13H13F3N2O3. The summed E-state index contributed by atoms with van der Waals surface area (Å²) in [5.74, 6) is -1.06. The van der Waals surface area contributed by atoms with Gasteiger partial charge in [0.1, 0.15) is 5.82 Å². The summed E-state index contributed by atoms with van der Waals surface area (Å²) in [5, 5.41) is 10.0. The molecule has 0 radical (unpaired) electrons. The molecule has 0 spiro atoms. The number of alkyl halides is 3. The van der Waals surface area contributed by atoms with Crippen LogP contribution < -0.4 is 4.90 Å². The Morgan fingerprint density at radius 1 is 1.48 bits per heavy atom. The number of ether oxygens (including phenoxy) is 1. The number of hydrogen-bond donors (Lipinski definition) is 1. The SMILES string of the molecule is CCOC1=C(C)C(O)N(c2cc(C(F)(F)F)ccn2)C1=O. The Labute approximate surface area is 118 Å². The van der Waals surface area contributed by atoms with Gasteiger partial charge in [-0.25, -0.2) is 4.98 Å². The van der Waals surface area contributed by atoms with Gasteiger partial charge < -0.3 is 9.84 Å². The summed E-state index contributed by atoms with van der Waals surface area (Å²) < 4.78 is 43.2. The number of aliphatic hydroxyl groups is 1. The van der Waals surface area contributed by atoms with E-state index in [-0.39, 0.29) is 23.8 Å². The molecule has 0 bridgehead atoms. The molecule has 1 unspecified atom stereocenters. The van der Waals surface area contributed by atoms with Gasteiger partial charge >= 0.3 is 6.18 Å². The monoisotopic (exact) mass is 302 g/mol. The van der Waals surface area contributed by atoms with E-state index in [1.54, 1.807) is 6.92 Å². The highest BCUT2D eigenvalue weighted by atomic mass is 19.4. The number of carbonyl (C=O) groups excluding carboxylic acids is 1. The first-order valence-electron chi connectivity index (χ1n) is 6.15. The van der Waals surface area contributed by atoms with Crippen molar-refractivity contribution in [1.82, 2.24) is 4.98 Å². The van der Waals surface area contributed by atoms with Gasteiger partial charge in [0.2, 0.25) is 0 Å². The molecule has 1 amide bonds. The second-order valence-electron chi connectivity index (χ2n) is 4.39. The molecule has 0 aromatic carbocycles. The maximum Gasteiger partial charge on any atom is 0.416 e. The van der Waals surface area contributed by atoms with Gasteiger partial charge in [-0.1, -0.05) is 0 Å². The number of anilines is 1. The molecule has 1 aliphatic rings. The Morgan fingerprint density at radius 2 is 2.14 bits per heavy atom. The molecule has 0 saturated heterocycles. The first-order valence-corrected chi connectivity index (χ1v) is 6.15. The van der Waals surface area contributed by atoms with Gasteiger partial charge in [0.15, 0.2) is 12.0 Å². The van der Waals surface area contributed by atoms with Crippen LogP contribution in [0.15, 0.2) is 29.7 Å². The molecule has 0 aliphatic carbocycles. The predicted molar refractivity (Wildman–Crippen MR) is 67.1 cm³/mol. The molecule has 5 nitrogen and oxygen atoms in total. The molecular weight excluding hydrogens is 289 g/mol. The van der Waals surface area contributed by atoms with Gasteiger partial charge in [0.25, 0.3) is 5.91 Å². The van der Waals surface area contributed by atoms with E-state index in [1.807, 2.05) is 0 Å². The lowest BCUT2D eigenvalue weighted by molar-refractivity contribution is -0.137. The summed E-state index contributed by atoms with van der Waals surface area (Å²) in [4.78, 5) is 16.6. The standard InChI is InChI=1S/C13H13F3N2O3/c1-3-21-10-7(2)11(19)18(12(10)20)9-6-8(4-5-17-9)13(14,15)16/h4-6,11,19H,3H2,1-2H3. The summed E-state index contributed by atoms with van der Waals surface area (Å²) in [6.07, 6.45) is -5.02. The third kappa shape index (κ3) is 2.71. The zero-order valence-electron chi connectivity index (χ0n) is 11.3. The van der Waals surface area contributed by atoms with Crippen molar-refractivity contribution in [3.8, 4) is 0 Å². The normalized spacial score (nSPS) is 19.4. The fourth-order valence-electron chi connectivity index (χ4n) is 1.98. The number of carbonyl (C=O) groups is 1. The van der Waals surface area contributed by atoms with Crippen molar-refractivity contribution in [3.63, 3.8) is 0 Å². The Kier molecular flexibility index (Phi) is 3.91. The molecule has 1 N–H and O–H groups in total. The van der Waals surface area contributed by atoms with E-state index >= 15 is 0 Å². The number of pyridine rings is 1. The van der Waals surface area contributed by atoms with Crippen LogP contribution in [-0.4, -0.2) is 28.8 Å². The number of aliphatic hydroxyl groups excluding tert-OH is 1. The molecule has 8 heteroatoms. The quantitative estimate of drug-likeness (QED) is 0.928. The second-order valence-corrected chi connectivity index (χ2v) is 4.39. The Morgan fingerprint density at radius 3 is 2.71 bits per heavy atom. The first-order chi connectivity index (χ1) is 9.77. The topological polar surface area (TPSA) is 62.7 Å². The van der Waals surface area contributed by atoms with Crippen LogP contribution in [0, 0.1) is 0 Å². The van der Waals surface area contributed by atoms with Crippen LogP contribution in [0.25, 0.3) is 0 Å². The minimum atomic E-state index is -4.56. The van der Waals surface area contributed by atoms with Crippen LogP contribution in [0.2, 0.25) is 0 Å². The van der Waals surface area contributed by atoms with Crippen LogP contribution in [0.5, 0.6) is 0 Å². The van der Waals surface area contributed by atoms with Crippen LogP contribution >= 0.6 is 0 Å². The van der Waals surface area contributed by atoms with Gasteiger partial charge in [0, 0.05) is 11.8 Å². The van der Waals surface area contributed by atoms with Crippen LogP contribution in [0.1, 0.15) is 19.4 Å². The maximum atomic E-state index is 12.7. The third-order valence-corrected chi connectivity index (χ3v) is 3.01.